The molecule has 0 fully saturated rings. The minimum Gasteiger partial charge on any atom is -0.497 e. The van der Waals surface area contributed by atoms with Gasteiger partial charge in [0.25, 0.3) is 0 Å². The molecular weight excluding hydrogens is 348 g/mol. The Hall–Kier alpha value is -3.35. The van der Waals surface area contributed by atoms with Crippen LogP contribution in [0.5, 0.6) is 11.5 Å². The van der Waals surface area contributed by atoms with Crippen LogP contribution in [0.4, 0.5) is 5.69 Å². The SMILES string of the molecule is CCCOc1ccc(/C=C/C(=O)NCc2ccc(OC)cc2)cc1[N+](=O)[O-]. The normalized spacial score (nSPS) is 10.6. The number of carbonyl (C=O) groups is 1. The van der Waals surface area contributed by atoms with Crippen LogP contribution in [0.25, 0.3) is 6.08 Å². The maximum atomic E-state index is 12.0. The summed E-state index contributed by atoms with van der Waals surface area (Å²) in [6.45, 7) is 2.70. The van der Waals surface area contributed by atoms with Gasteiger partial charge in [-0.1, -0.05) is 25.1 Å². The number of nitro groups is 1. The van der Waals surface area contributed by atoms with Gasteiger partial charge in [0.05, 0.1) is 18.6 Å². The number of amides is 1. The second kappa shape index (κ2) is 9.96. The predicted octanol–water partition coefficient (Wildman–Crippen LogP) is 3.72. The topological polar surface area (TPSA) is 90.7 Å². The van der Waals surface area contributed by atoms with Gasteiger partial charge in [-0.3, -0.25) is 14.9 Å². The number of rotatable bonds is 9. The maximum Gasteiger partial charge on any atom is 0.311 e. The summed E-state index contributed by atoms with van der Waals surface area (Å²) in [4.78, 5) is 22.7. The van der Waals surface area contributed by atoms with Crippen molar-refractivity contribution in [2.24, 2.45) is 0 Å². The van der Waals surface area contributed by atoms with Gasteiger partial charge in [0, 0.05) is 18.7 Å². The summed E-state index contributed by atoms with van der Waals surface area (Å²) in [6.07, 6.45) is 3.63. The molecule has 0 atom stereocenters. The van der Waals surface area contributed by atoms with Crippen LogP contribution in [-0.2, 0) is 11.3 Å². The predicted molar refractivity (Wildman–Crippen MR) is 103 cm³/mol. The lowest BCUT2D eigenvalue weighted by atomic mass is 10.1. The third kappa shape index (κ3) is 6.14. The first-order chi connectivity index (χ1) is 13.0. The van der Waals surface area contributed by atoms with Crippen molar-refractivity contribution in [3.8, 4) is 11.5 Å². The molecule has 0 aliphatic heterocycles. The third-order valence-corrected chi connectivity index (χ3v) is 3.69. The first-order valence-corrected chi connectivity index (χ1v) is 8.53. The molecule has 2 aromatic carbocycles. The van der Waals surface area contributed by atoms with Gasteiger partial charge in [-0.05, 0) is 41.8 Å². The van der Waals surface area contributed by atoms with Gasteiger partial charge in [0.15, 0.2) is 5.75 Å². The quantitative estimate of drug-likeness (QED) is 0.413. The van der Waals surface area contributed by atoms with Gasteiger partial charge in [0.2, 0.25) is 5.91 Å². The van der Waals surface area contributed by atoms with E-state index in [1.165, 1.54) is 18.2 Å². The molecule has 0 saturated carbocycles. The lowest BCUT2D eigenvalue weighted by Gasteiger charge is -2.06. The number of nitrogens with zero attached hydrogens (tertiary/aromatic N) is 1. The van der Waals surface area contributed by atoms with Gasteiger partial charge in [0.1, 0.15) is 5.75 Å². The van der Waals surface area contributed by atoms with Gasteiger partial charge < -0.3 is 14.8 Å². The zero-order valence-corrected chi connectivity index (χ0v) is 15.3. The minimum atomic E-state index is -0.494. The van der Waals surface area contributed by atoms with E-state index < -0.39 is 4.92 Å². The number of hydrogen-bond acceptors (Lipinski definition) is 5. The summed E-state index contributed by atoms with van der Waals surface area (Å²) < 4.78 is 10.5. The molecule has 1 N–H and O–H groups in total. The molecule has 0 aliphatic rings. The van der Waals surface area contributed by atoms with Crippen molar-refractivity contribution in [2.45, 2.75) is 19.9 Å². The molecule has 0 radical (unpaired) electrons. The lowest BCUT2D eigenvalue weighted by molar-refractivity contribution is -0.385. The molecule has 0 spiro atoms. The van der Waals surface area contributed by atoms with Gasteiger partial charge in [-0.2, -0.15) is 0 Å². The summed E-state index contributed by atoms with van der Waals surface area (Å²) in [7, 11) is 1.59. The van der Waals surface area contributed by atoms with Crippen molar-refractivity contribution in [2.75, 3.05) is 13.7 Å². The van der Waals surface area contributed by atoms with Gasteiger partial charge >= 0.3 is 5.69 Å². The molecule has 0 bridgehead atoms. The Kier molecular flexibility index (Phi) is 7.37. The van der Waals surface area contributed by atoms with Crippen LogP contribution in [-0.4, -0.2) is 24.5 Å². The van der Waals surface area contributed by atoms with E-state index in [1.807, 2.05) is 31.2 Å². The fraction of sp³-hybridized carbons (Fsp3) is 0.250. The van der Waals surface area contributed by atoms with E-state index in [1.54, 1.807) is 19.2 Å². The van der Waals surface area contributed by atoms with E-state index in [4.69, 9.17) is 9.47 Å². The van der Waals surface area contributed by atoms with Gasteiger partial charge in [-0.25, -0.2) is 0 Å². The second-order valence-electron chi connectivity index (χ2n) is 5.73. The van der Waals surface area contributed by atoms with Crippen LogP contribution in [0.2, 0.25) is 0 Å². The van der Waals surface area contributed by atoms with E-state index in [0.717, 1.165) is 17.7 Å². The Labute approximate surface area is 157 Å². The Morgan fingerprint density at radius 3 is 2.59 bits per heavy atom. The highest BCUT2D eigenvalue weighted by atomic mass is 16.6. The summed E-state index contributed by atoms with van der Waals surface area (Å²) in [6, 6.07) is 12.0. The molecular formula is C20H22N2O5. The van der Waals surface area contributed by atoms with Crippen molar-refractivity contribution in [3.05, 3.63) is 69.8 Å². The Morgan fingerprint density at radius 1 is 1.22 bits per heavy atom. The van der Waals surface area contributed by atoms with Crippen LogP contribution in [0.15, 0.2) is 48.5 Å². The molecule has 2 aromatic rings. The molecule has 7 nitrogen and oxygen atoms in total. The molecule has 0 aliphatic carbocycles. The molecule has 0 heterocycles. The van der Waals surface area contributed by atoms with Crippen molar-refractivity contribution in [1.29, 1.82) is 0 Å². The van der Waals surface area contributed by atoms with Crippen LogP contribution in [0.3, 0.4) is 0 Å². The molecule has 142 valence electrons. The zero-order chi connectivity index (χ0) is 19.6. The highest BCUT2D eigenvalue weighted by Gasteiger charge is 2.15. The monoisotopic (exact) mass is 370 g/mol. The number of benzene rings is 2. The maximum absolute atomic E-state index is 12.0. The summed E-state index contributed by atoms with van der Waals surface area (Å²) >= 11 is 0. The van der Waals surface area contributed by atoms with Crippen LogP contribution >= 0.6 is 0 Å². The van der Waals surface area contributed by atoms with Crippen LogP contribution in [0.1, 0.15) is 24.5 Å². The smallest absolute Gasteiger partial charge is 0.311 e. The summed E-state index contributed by atoms with van der Waals surface area (Å²) in [5, 5.41) is 14.0. The molecule has 1 amide bonds. The average molecular weight is 370 g/mol. The summed E-state index contributed by atoms with van der Waals surface area (Å²) in [5.74, 6) is 0.681. The van der Waals surface area contributed by atoms with Crippen molar-refractivity contribution < 1.29 is 19.2 Å². The fourth-order valence-corrected chi connectivity index (χ4v) is 2.28. The third-order valence-electron chi connectivity index (χ3n) is 3.69. The van der Waals surface area contributed by atoms with E-state index in [-0.39, 0.29) is 17.3 Å². The Morgan fingerprint density at radius 2 is 1.96 bits per heavy atom. The average Bonchev–Trinajstić information content (AvgIpc) is 2.69. The van der Waals surface area contributed by atoms with Gasteiger partial charge in [-0.15, -0.1) is 0 Å². The lowest BCUT2D eigenvalue weighted by Crippen LogP contribution is -2.20. The first-order valence-electron chi connectivity index (χ1n) is 8.53. The fourth-order valence-electron chi connectivity index (χ4n) is 2.28. The first kappa shape index (κ1) is 20.0. The number of ether oxygens (including phenoxy) is 2. The molecule has 0 aromatic heterocycles. The van der Waals surface area contributed by atoms with Crippen LogP contribution < -0.4 is 14.8 Å². The molecule has 2 rings (SSSR count). The van der Waals surface area contributed by atoms with Crippen LogP contribution in [0, 0.1) is 10.1 Å². The van der Waals surface area contributed by atoms with Crippen molar-refractivity contribution in [1.82, 2.24) is 5.32 Å². The second-order valence-corrected chi connectivity index (χ2v) is 5.73. The number of hydrogen-bond donors (Lipinski definition) is 1. The zero-order valence-electron chi connectivity index (χ0n) is 15.3. The van der Waals surface area contributed by atoms with Crippen molar-refractivity contribution >= 4 is 17.7 Å². The number of nitro benzene ring substituents is 1. The highest BCUT2D eigenvalue weighted by Crippen LogP contribution is 2.28. The van der Waals surface area contributed by atoms with E-state index in [9.17, 15) is 14.9 Å². The largest absolute Gasteiger partial charge is 0.497 e. The number of nitrogens with one attached hydrogen (secondary N) is 1. The minimum absolute atomic E-state index is 0.121. The molecule has 7 heteroatoms. The van der Waals surface area contributed by atoms with E-state index in [0.29, 0.717) is 18.7 Å². The molecule has 0 unspecified atom stereocenters. The number of carbonyl (C=O) groups excluding carboxylic acids is 1. The van der Waals surface area contributed by atoms with E-state index >= 15 is 0 Å². The molecule has 0 saturated heterocycles. The van der Waals surface area contributed by atoms with E-state index in [2.05, 4.69) is 5.32 Å². The molecule has 27 heavy (non-hydrogen) atoms. The highest BCUT2D eigenvalue weighted by molar-refractivity contribution is 5.91. The van der Waals surface area contributed by atoms with Crippen molar-refractivity contribution in [3.63, 3.8) is 0 Å². The standard InChI is InChI=1S/C20H22N2O5/c1-3-12-27-19-10-6-15(13-18(19)22(24)25)7-11-20(23)21-14-16-4-8-17(26-2)9-5-16/h4-11,13H,3,12,14H2,1-2H3,(H,21,23)/b11-7+. The Balaban J connectivity index is 1.97. The Bertz CT molecular complexity index is 816. The number of methoxy groups -OCH3 is 1. The summed E-state index contributed by atoms with van der Waals surface area (Å²) in [5.41, 5.74) is 1.36.